The van der Waals surface area contributed by atoms with Crippen molar-refractivity contribution in [2.75, 3.05) is 0 Å². The number of benzene rings is 1. The predicted molar refractivity (Wildman–Crippen MR) is 80.2 cm³/mol. The van der Waals surface area contributed by atoms with E-state index in [0.717, 1.165) is 11.6 Å². The number of aromatic hydroxyl groups is 3. The minimum atomic E-state index is -1.13. The zero-order valence-electron chi connectivity index (χ0n) is 12.7. The SMILES string of the molecule is C[C@H](NC(=O)OCc1ccccc1)C(=O)On1c(O)cc(O)c1O. The molecule has 9 heteroatoms. The van der Waals surface area contributed by atoms with E-state index in [2.05, 4.69) is 10.2 Å². The summed E-state index contributed by atoms with van der Waals surface area (Å²) < 4.78 is 5.27. The minimum absolute atomic E-state index is 0.0293. The summed E-state index contributed by atoms with van der Waals surface area (Å²) >= 11 is 0. The summed E-state index contributed by atoms with van der Waals surface area (Å²) in [5, 5.41) is 30.2. The van der Waals surface area contributed by atoms with E-state index in [0.29, 0.717) is 4.73 Å². The van der Waals surface area contributed by atoms with Crippen molar-refractivity contribution in [2.24, 2.45) is 0 Å². The number of hydrogen-bond donors (Lipinski definition) is 4. The van der Waals surface area contributed by atoms with Gasteiger partial charge in [-0.3, -0.25) is 0 Å². The van der Waals surface area contributed by atoms with Crippen LogP contribution in [0.3, 0.4) is 0 Å². The van der Waals surface area contributed by atoms with E-state index in [1.165, 1.54) is 6.92 Å². The zero-order valence-corrected chi connectivity index (χ0v) is 12.7. The molecule has 0 saturated heterocycles. The fourth-order valence-corrected chi connectivity index (χ4v) is 1.72. The van der Waals surface area contributed by atoms with Gasteiger partial charge in [-0.1, -0.05) is 30.3 Å². The Morgan fingerprint density at radius 1 is 1.21 bits per heavy atom. The fraction of sp³-hybridized carbons (Fsp3) is 0.200. The molecule has 128 valence electrons. The summed E-state index contributed by atoms with van der Waals surface area (Å²) in [5.74, 6) is -3.19. The average molecular weight is 336 g/mol. The fourth-order valence-electron chi connectivity index (χ4n) is 1.72. The quantitative estimate of drug-likeness (QED) is 0.637. The highest BCUT2D eigenvalue weighted by atomic mass is 16.7. The summed E-state index contributed by atoms with van der Waals surface area (Å²) in [7, 11) is 0. The van der Waals surface area contributed by atoms with E-state index in [1.807, 2.05) is 6.07 Å². The van der Waals surface area contributed by atoms with Gasteiger partial charge in [-0.05, 0) is 12.5 Å². The number of nitrogens with one attached hydrogen (secondary N) is 1. The highest BCUT2D eigenvalue weighted by Gasteiger charge is 2.23. The lowest BCUT2D eigenvalue weighted by molar-refractivity contribution is -0.147. The van der Waals surface area contributed by atoms with E-state index in [1.54, 1.807) is 24.3 Å². The highest BCUT2D eigenvalue weighted by Crippen LogP contribution is 2.31. The first-order valence-corrected chi connectivity index (χ1v) is 6.90. The summed E-state index contributed by atoms with van der Waals surface area (Å²) in [6.07, 6.45) is -0.841. The molecule has 1 amide bonds. The van der Waals surface area contributed by atoms with E-state index in [9.17, 15) is 24.9 Å². The van der Waals surface area contributed by atoms with Gasteiger partial charge in [0.1, 0.15) is 12.6 Å². The summed E-state index contributed by atoms with van der Waals surface area (Å²) in [6, 6.07) is 8.62. The molecule has 9 nitrogen and oxygen atoms in total. The van der Waals surface area contributed by atoms with Crippen molar-refractivity contribution in [3.8, 4) is 17.5 Å². The molecule has 4 N–H and O–H groups in total. The molecule has 0 aliphatic heterocycles. The third kappa shape index (κ3) is 4.09. The Labute approximate surface area is 136 Å². The molecule has 0 fully saturated rings. The monoisotopic (exact) mass is 336 g/mol. The number of hydrogen-bond acceptors (Lipinski definition) is 7. The van der Waals surface area contributed by atoms with Crippen LogP contribution in [0.1, 0.15) is 12.5 Å². The second kappa shape index (κ2) is 7.27. The second-order valence-corrected chi connectivity index (χ2v) is 4.84. The Hall–Kier alpha value is -3.36. The average Bonchev–Trinajstić information content (AvgIpc) is 2.80. The van der Waals surface area contributed by atoms with E-state index in [-0.39, 0.29) is 6.61 Å². The molecule has 1 atom stereocenters. The molecule has 1 aromatic heterocycles. The predicted octanol–water partition coefficient (Wildman–Crippen LogP) is 0.875. The van der Waals surface area contributed by atoms with Crippen LogP contribution in [-0.2, 0) is 16.1 Å². The molecule has 0 unspecified atom stereocenters. The van der Waals surface area contributed by atoms with Crippen LogP contribution in [0.25, 0.3) is 0 Å². The maximum atomic E-state index is 11.8. The molecule has 2 rings (SSSR count). The Morgan fingerprint density at radius 2 is 1.88 bits per heavy atom. The van der Waals surface area contributed by atoms with Gasteiger partial charge in [0.05, 0.1) is 0 Å². The molecule has 1 heterocycles. The minimum Gasteiger partial charge on any atom is -0.503 e. The van der Waals surface area contributed by atoms with Crippen molar-refractivity contribution >= 4 is 12.1 Å². The topological polar surface area (TPSA) is 130 Å². The van der Waals surface area contributed by atoms with Gasteiger partial charge in [0.15, 0.2) is 5.75 Å². The Morgan fingerprint density at radius 3 is 2.46 bits per heavy atom. The lowest BCUT2D eigenvalue weighted by atomic mass is 10.2. The summed E-state index contributed by atoms with van der Waals surface area (Å²) in [5.41, 5.74) is 0.778. The molecule has 0 radical (unpaired) electrons. The maximum Gasteiger partial charge on any atom is 0.408 e. The Bertz CT molecular complexity index is 727. The Kier molecular flexibility index (Phi) is 5.15. The molecule has 24 heavy (non-hydrogen) atoms. The molecule has 2 aromatic rings. The molecule has 0 aliphatic carbocycles. The van der Waals surface area contributed by atoms with Crippen LogP contribution in [0.4, 0.5) is 4.79 Å². The van der Waals surface area contributed by atoms with Gasteiger partial charge in [0.25, 0.3) is 5.88 Å². The van der Waals surface area contributed by atoms with Gasteiger partial charge in [0, 0.05) is 6.07 Å². The van der Waals surface area contributed by atoms with Crippen molar-refractivity contribution < 1.29 is 34.5 Å². The summed E-state index contributed by atoms with van der Waals surface area (Å²) in [4.78, 5) is 28.1. The highest BCUT2D eigenvalue weighted by molar-refractivity contribution is 5.81. The number of nitrogens with zero attached hydrogens (tertiary/aromatic N) is 1. The summed E-state index contributed by atoms with van der Waals surface area (Å²) in [6.45, 7) is 1.35. The van der Waals surface area contributed by atoms with E-state index < -0.39 is 35.6 Å². The van der Waals surface area contributed by atoms with Gasteiger partial charge in [0.2, 0.25) is 5.88 Å². The van der Waals surface area contributed by atoms with Crippen LogP contribution in [0.5, 0.6) is 17.5 Å². The zero-order chi connectivity index (χ0) is 17.7. The number of alkyl carbamates (subject to hydrolysis) is 1. The molecule has 0 spiro atoms. The van der Waals surface area contributed by atoms with Gasteiger partial charge in [-0.25, -0.2) is 9.59 Å². The molecule has 0 aliphatic rings. The van der Waals surface area contributed by atoms with Crippen molar-refractivity contribution in [1.29, 1.82) is 0 Å². The van der Waals surface area contributed by atoms with Crippen LogP contribution in [0.2, 0.25) is 0 Å². The number of ether oxygens (including phenoxy) is 1. The van der Waals surface area contributed by atoms with Gasteiger partial charge < -0.3 is 30.2 Å². The number of aromatic nitrogens is 1. The normalized spacial score (nSPS) is 11.5. The molecule has 0 saturated carbocycles. The van der Waals surface area contributed by atoms with Crippen LogP contribution in [0.15, 0.2) is 36.4 Å². The lowest BCUT2D eigenvalue weighted by Crippen LogP contribution is -2.42. The number of carbonyl (C=O) groups is 2. The van der Waals surface area contributed by atoms with E-state index in [4.69, 9.17) is 4.74 Å². The molecule has 1 aromatic carbocycles. The largest absolute Gasteiger partial charge is 0.503 e. The van der Waals surface area contributed by atoms with Gasteiger partial charge in [-0.15, -0.1) is 4.73 Å². The van der Waals surface area contributed by atoms with Crippen LogP contribution < -0.4 is 10.2 Å². The van der Waals surface area contributed by atoms with Crippen molar-refractivity contribution in [2.45, 2.75) is 19.6 Å². The van der Waals surface area contributed by atoms with Crippen molar-refractivity contribution in [1.82, 2.24) is 10.0 Å². The maximum absolute atomic E-state index is 11.8. The van der Waals surface area contributed by atoms with Crippen LogP contribution >= 0.6 is 0 Å². The van der Waals surface area contributed by atoms with Crippen LogP contribution in [-0.4, -0.2) is 38.2 Å². The van der Waals surface area contributed by atoms with Crippen LogP contribution in [0, 0.1) is 0 Å². The second-order valence-electron chi connectivity index (χ2n) is 4.84. The number of rotatable bonds is 5. The molecular formula is C15H16N2O7. The molecular weight excluding hydrogens is 320 g/mol. The smallest absolute Gasteiger partial charge is 0.408 e. The Balaban J connectivity index is 1.85. The number of amides is 1. The van der Waals surface area contributed by atoms with Crippen molar-refractivity contribution in [3.05, 3.63) is 42.0 Å². The first-order chi connectivity index (χ1) is 11.4. The lowest BCUT2D eigenvalue weighted by Gasteiger charge is -2.14. The van der Waals surface area contributed by atoms with Gasteiger partial charge in [-0.2, -0.15) is 0 Å². The molecule has 0 bridgehead atoms. The van der Waals surface area contributed by atoms with Crippen molar-refractivity contribution in [3.63, 3.8) is 0 Å². The van der Waals surface area contributed by atoms with E-state index >= 15 is 0 Å². The first-order valence-electron chi connectivity index (χ1n) is 6.90. The number of carbonyl (C=O) groups excluding carboxylic acids is 2. The first kappa shape index (κ1) is 17.0. The third-order valence-electron chi connectivity index (χ3n) is 2.98. The third-order valence-corrected chi connectivity index (χ3v) is 2.98. The van der Waals surface area contributed by atoms with Gasteiger partial charge >= 0.3 is 12.1 Å². The standard InChI is InChI=1S/C15H16N2O7/c1-9(14(21)24-17-12(19)7-11(18)13(17)20)16-15(22)23-8-10-5-3-2-4-6-10/h2-7,9,18-20H,8H2,1H3,(H,16,22)/t9-/m0/s1.